The number of hydrogen-bond donors (Lipinski definition) is 2. The van der Waals surface area contributed by atoms with Gasteiger partial charge in [-0.05, 0) is 19.1 Å². The van der Waals surface area contributed by atoms with Crippen LogP contribution in [0.2, 0.25) is 0 Å². The lowest BCUT2D eigenvalue weighted by Gasteiger charge is -2.00. The maximum absolute atomic E-state index is 12.2. The number of pyridine rings is 1. The Labute approximate surface area is 121 Å². The Kier molecular flexibility index (Phi) is 3.23. The molecule has 7 nitrogen and oxygen atoms in total. The summed E-state index contributed by atoms with van der Waals surface area (Å²) in [5, 5.41) is 13.8. The Morgan fingerprint density at radius 2 is 2.24 bits per heavy atom. The van der Waals surface area contributed by atoms with Gasteiger partial charge in [0, 0.05) is 36.8 Å². The van der Waals surface area contributed by atoms with E-state index >= 15 is 0 Å². The number of anilines is 1. The molecule has 0 aliphatic rings. The maximum atomic E-state index is 12.2. The van der Waals surface area contributed by atoms with Gasteiger partial charge in [-0.15, -0.1) is 0 Å². The Hall–Kier alpha value is -2.96. The third-order valence-electron chi connectivity index (χ3n) is 3.27. The largest absolute Gasteiger partial charge is 0.305 e. The summed E-state index contributed by atoms with van der Waals surface area (Å²) in [4.78, 5) is 16.2. The van der Waals surface area contributed by atoms with Crippen LogP contribution in [0.25, 0.3) is 11.3 Å². The first-order chi connectivity index (χ1) is 10.1. The highest BCUT2D eigenvalue weighted by atomic mass is 16.1. The van der Waals surface area contributed by atoms with Gasteiger partial charge in [-0.2, -0.15) is 10.2 Å². The predicted molar refractivity (Wildman–Crippen MR) is 77.7 cm³/mol. The fraction of sp³-hybridized carbons (Fsp3) is 0.143. The molecule has 7 heteroatoms. The lowest BCUT2D eigenvalue weighted by molar-refractivity contribution is 0.102. The van der Waals surface area contributed by atoms with E-state index in [9.17, 15) is 4.79 Å². The van der Waals surface area contributed by atoms with E-state index in [1.54, 1.807) is 36.4 Å². The third-order valence-corrected chi connectivity index (χ3v) is 3.27. The van der Waals surface area contributed by atoms with Gasteiger partial charge < -0.3 is 5.32 Å². The minimum Gasteiger partial charge on any atom is -0.305 e. The standard InChI is InChI=1S/C14H14N6O/c1-9-11(8-16-20(9)2)14(21)17-13-6-12(18-19-13)10-4-3-5-15-7-10/h3-8H,1-2H3,(H2,17,18,19,21). The highest BCUT2D eigenvalue weighted by Gasteiger charge is 2.14. The predicted octanol–water partition coefficient (Wildman–Crippen LogP) is 1.77. The molecule has 3 rings (SSSR count). The number of carbonyl (C=O) groups excluding carboxylic acids is 1. The number of aromatic amines is 1. The molecule has 0 saturated heterocycles. The molecule has 0 aliphatic heterocycles. The first-order valence-electron chi connectivity index (χ1n) is 6.41. The number of aryl methyl sites for hydroxylation is 1. The van der Waals surface area contributed by atoms with Gasteiger partial charge in [0.15, 0.2) is 5.82 Å². The lowest BCUT2D eigenvalue weighted by atomic mass is 10.2. The van der Waals surface area contributed by atoms with Crippen molar-refractivity contribution in [3.8, 4) is 11.3 Å². The van der Waals surface area contributed by atoms with E-state index in [0.29, 0.717) is 11.4 Å². The maximum Gasteiger partial charge on any atom is 0.260 e. The van der Waals surface area contributed by atoms with Gasteiger partial charge in [-0.25, -0.2) is 0 Å². The zero-order valence-corrected chi connectivity index (χ0v) is 11.7. The van der Waals surface area contributed by atoms with Gasteiger partial charge in [0.05, 0.1) is 17.5 Å². The number of nitrogens with zero attached hydrogens (tertiary/aromatic N) is 4. The molecule has 0 unspecified atom stereocenters. The summed E-state index contributed by atoms with van der Waals surface area (Å²) in [6, 6.07) is 5.52. The summed E-state index contributed by atoms with van der Waals surface area (Å²) < 4.78 is 1.65. The molecule has 0 radical (unpaired) electrons. The van der Waals surface area contributed by atoms with Crippen LogP contribution < -0.4 is 5.32 Å². The van der Waals surface area contributed by atoms with Gasteiger partial charge in [-0.1, -0.05) is 0 Å². The topological polar surface area (TPSA) is 88.5 Å². The van der Waals surface area contributed by atoms with Crippen molar-refractivity contribution in [3.05, 3.63) is 48.0 Å². The second kappa shape index (κ2) is 5.20. The van der Waals surface area contributed by atoms with Crippen LogP contribution in [0, 0.1) is 6.92 Å². The summed E-state index contributed by atoms with van der Waals surface area (Å²) in [7, 11) is 1.79. The number of H-pyrrole nitrogens is 1. The van der Waals surface area contributed by atoms with Crippen molar-refractivity contribution >= 4 is 11.7 Å². The van der Waals surface area contributed by atoms with E-state index in [1.807, 2.05) is 19.1 Å². The molecule has 0 spiro atoms. The number of amides is 1. The van der Waals surface area contributed by atoms with Gasteiger partial charge in [0.2, 0.25) is 0 Å². The van der Waals surface area contributed by atoms with Crippen LogP contribution in [0.3, 0.4) is 0 Å². The van der Waals surface area contributed by atoms with Crippen LogP contribution in [0.5, 0.6) is 0 Å². The minimum absolute atomic E-state index is 0.232. The van der Waals surface area contributed by atoms with Crippen LogP contribution in [0.15, 0.2) is 36.8 Å². The van der Waals surface area contributed by atoms with E-state index in [1.165, 1.54) is 0 Å². The average molecular weight is 282 g/mol. The van der Waals surface area contributed by atoms with Crippen molar-refractivity contribution in [1.29, 1.82) is 0 Å². The first kappa shape index (κ1) is 13.0. The van der Waals surface area contributed by atoms with Crippen molar-refractivity contribution in [1.82, 2.24) is 25.0 Å². The van der Waals surface area contributed by atoms with Crippen LogP contribution in [-0.4, -0.2) is 30.9 Å². The molecule has 1 amide bonds. The Morgan fingerprint density at radius 1 is 1.38 bits per heavy atom. The van der Waals surface area contributed by atoms with Crippen LogP contribution in [-0.2, 0) is 7.05 Å². The Balaban J connectivity index is 1.79. The van der Waals surface area contributed by atoms with Crippen LogP contribution >= 0.6 is 0 Å². The molecule has 3 aromatic rings. The lowest BCUT2D eigenvalue weighted by Crippen LogP contribution is -2.13. The van der Waals surface area contributed by atoms with E-state index in [-0.39, 0.29) is 5.91 Å². The van der Waals surface area contributed by atoms with E-state index in [0.717, 1.165) is 17.0 Å². The Morgan fingerprint density at radius 3 is 2.90 bits per heavy atom. The SMILES string of the molecule is Cc1c(C(=O)Nc2cc(-c3cccnc3)[nH]n2)cnn1C. The third kappa shape index (κ3) is 2.53. The molecule has 0 aliphatic carbocycles. The van der Waals surface area contributed by atoms with Crippen molar-refractivity contribution in [2.75, 3.05) is 5.32 Å². The number of rotatable bonds is 3. The fourth-order valence-corrected chi connectivity index (χ4v) is 1.96. The van der Waals surface area contributed by atoms with Crippen molar-refractivity contribution in [2.45, 2.75) is 6.92 Å². The summed E-state index contributed by atoms with van der Waals surface area (Å²) in [5.41, 5.74) is 3.03. The van der Waals surface area contributed by atoms with Gasteiger partial charge in [0.25, 0.3) is 5.91 Å². The first-order valence-corrected chi connectivity index (χ1v) is 6.41. The molecule has 0 atom stereocenters. The summed E-state index contributed by atoms with van der Waals surface area (Å²) in [5.74, 6) is 0.229. The van der Waals surface area contributed by atoms with Gasteiger partial charge in [-0.3, -0.25) is 19.6 Å². The highest BCUT2D eigenvalue weighted by molar-refractivity contribution is 6.04. The van der Waals surface area contributed by atoms with Crippen molar-refractivity contribution < 1.29 is 4.79 Å². The summed E-state index contributed by atoms with van der Waals surface area (Å²) in [6.07, 6.45) is 4.97. The summed E-state index contributed by atoms with van der Waals surface area (Å²) >= 11 is 0. The number of aromatic nitrogens is 5. The van der Waals surface area contributed by atoms with Crippen molar-refractivity contribution in [3.63, 3.8) is 0 Å². The second-order valence-electron chi connectivity index (χ2n) is 4.63. The minimum atomic E-state index is -0.232. The zero-order chi connectivity index (χ0) is 14.8. The molecule has 3 heterocycles. The molecule has 0 saturated carbocycles. The average Bonchev–Trinajstić information content (AvgIpc) is 3.08. The van der Waals surface area contributed by atoms with Gasteiger partial charge >= 0.3 is 0 Å². The number of hydrogen-bond acceptors (Lipinski definition) is 4. The molecule has 0 fully saturated rings. The normalized spacial score (nSPS) is 10.6. The van der Waals surface area contributed by atoms with Crippen molar-refractivity contribution in [2.24, 2.45) is 7.05 Å². The Bertz CT molecular complexity index is 774. The molecule has 21 heavy (non-hydrogen) atoms. The smallest absolute Gasteiger partial charge is 0.260 e. The molecular formula is C14H14N6O. The monoisotopic (exact) mass is 282 g/mol. The summed E-state index contributed by atoms with van der Waals surface area (Å²) in [6.45, 7) is 1.84. The second-order valence-corrected chi connectivity index (χ2v) is 4.63. The molecule has 0 aromatic carbocycles. The van der Waals surface area contributed by atoms with E-state index < -0.39 is 0 Å². The quantitative estimate of drug-likeness (QED) is 0.766. The highest BCUT2D eigenvalue weighted by Crippen LogP contribution is 2.19. The molecule has 3 aromatic heterocycles. The van der Waals surface area contributed by atoms with E-state index in [4.69, 9.17) is 0 Å². The molecule has 106 valence electrons. The van der Waals surface area contributed by atoms with Gasteiger partial charge in [0.1, 0.15) is 0 Å². The van der Waals surface area contributed by atoms with Crippen LogP contribution in [0.1, 0.15) is 16.1 Å². The van der Waals surface area contributed by atoms with Crippen LogP contribution in [0.4, 0.5) is 5.82 Å². The molecule has 0 bridgehead atoms. The molecule has 2 N–H and O–H groups in total. The number of carbonyl (C=O) groups is 1. The van der Waals surface area contributed by atoms with E-state index in [2.05, 4.69) is 25.6 Å². The molecular weight excluding hydrogens is 268 g/mol. The number of nitrogens with one attached hydrogen (secondary N) is 2. The zero-order valence-electron chi connectivity index (χ0n) is 11.7. The fourth-order valence-electron chi connectivity index (χ4n) is 1.96.